The van der Waals surface area contributed by atoms with E-state index >= 15 is 0 Å². The van der Waals surface area contributed by atoms with Crippen LogP contribution >= 0.6 is 11.3 Å². The lowest BCUT2D eigenvalue weighted by Gasteiger charge is -2.23. The topological polar surface area (TPSA) is 79.7 Å². The molecular weight excluding hydrogens is 371 g/mol. The molecule has 0 spiro atoms. The van der Waals surface area contributed by atoms with Crippen molar-refractivity contribution in [3.05, 3.63) is 45.7 Å². The maximum atomic E-state index is 13.0. The normalized spacial score (nSPS) is 14.6. The van der Waals surface area contributed by atoms with Crippen LogP contribution in [0.4, 0.5) is 4.39 Å². The molecular formula is C19H21FN2O4S. The predicted molar refractivity (Wildman–Crippen MR) is 98.4 cm³/mol. The van der Waals surface area contributed by atoms with E-state index in [1.165, 1.54) is 35.6 Å². The van der Waals surface area contributed by atoms with Crippen LogP contribution in [0.15, 0.2) is 24.3 Å². The summed E-state index contributed by atoms with van der Waals surface area (Å²) in [5, 5.41) is 9.79. The smallest absolute Gasteiger partial charge is 0.308 e. The van der Waals surface area contributed by atoms with Crippen molar-refractivity contribution in [1.82, 2.24) is 9.88 Å². The summed E-state index contributed by atoms with van der Waals surface area (Å²) in [7, 11) is 0. The second-order valence-electron chi connectivity index (χ2n) is 6.69. The van der Waals surface area contributed by atoms with Gasteiger partial charge in [-0.1, -0.05) is 6.92 Å². The number of nitrogens with zero attached hydrogens (tertiary/aromatic N) is 2. The summed E-state index contributed by atoms with van der Waals surface area (Å²) < 4.78 is 18.5. The minimum Gasteiger partial charge on any atom is -0.486 e. The van der Waals surface area contributed by atoms with Gasteiger partial charge in [0.1, 0.15) is 28.1 Å². The summed E-state index contributed by atoms with van der Waals surface area (Å²) in [5.74, 6) is -1.52. The van der Waals surface area contributed by atoms with E-state index in [0.717, 1.165) is 12.8 Å². The number of aliphatic carboxylic acids is 1. The minimum absolute atomic E-state index is 0.111. The highest BCUT2D eigenvalue weighted by molar-refractivity contribution is 7.13. The van der Waals surface area contributed by atoms with Crippen molar-refractivity contribution in [2.24, 2.45) is 5.92 Å². The van der Waals surface area contributed by atoms with E-state index in [1.54, 1.807) is 18.7 Å². The van der Waals surface area contributed by atoms with Crippen molar-refractivity contribution in [1.29, 1.82) is 0 Å². The SMILES string of the molecule is Cc1nc(COc2ccc(F)cc2)sc1C(=O)N(CC(C)C(=O)O)C1CC1. The highest BCUT2D eigenvalue weighted by Crippen LogP contribution is 2.31. The monoisotopic (exact) mass is 392 g/mol. The number of carbonyl (C=O) groups excluding carboxylic acids is 1. The van der Waals surface area contributed by atoms with Gasteiger partial charge in [-0.25, -0.2) is 9.37 Å². The van der Waals surface area contributed by atoms with Gasteiger partial charge in [0.2, 0.25) is 0 Å². The zero-order chi connectivity index (χ0) is 19.6. The van der Waals surface area contributed by atoms with Gasteiger partial charge in [0.15, 0.2) is 0 Å². The molecule has 0 radical (unpaired) electrons. The van der Waals surface area contributed by atoms with Crippen molar-refractivity contribution in [3.63, 3.8) is 0 Å². The first kappa shape index (κ1) is 19.3. The number of aromatic nitrogens is 1. The molecule has 2 aromatic rings. The summed E-state index contributed by atoms with van der Waals surface area (Å²) in [5.41, 5.74) is 0.608. The van der Waals surface area contributed by atoms with Crippen LogP contribution < -0.4 is 4.74 Å². The number of benzene rings is 1. The van der Waals surface area contributed by atoms with E-state index in [1.807, 2.05) is 0 Å². The number of hydrogen-bond donors (Lipinski definition) is 1. The third-order valence-electron chi connectivity index (χ3n) is 4.35. The van der Waals surface area contributed by atoms with Crippen molar-refractivity contribution in [2.45, 2.75) is 39.3 Å². The van der Waals surface area contributed by atoms with Crippen molar-refractivity contribution < 1.29 is 23.8 Å². The fourth-order valence-electron chi connectivity index (χ4n) is 2.68. The molecule has 27 heavy (non-hydrogen) atoms. The number of amides is 1. The molecule has 1 aromatic carbocycles. The van der Waals surface area contributed by atoms with E-state index in [9.17, 15) is 14.0 Å². The Hall–Kier alpha value is -2.48. The molecule has 1 aromatic heterocycles. The first-order chi connectivity index (χ1) is 12.8. The van der Waals surface area contributed by atoms with Gasteiger partial charge in [0.25, 0.3) is 5.91 Å². The lowest BCUT2D eigenvalue weighted by atomic mass is 10.1. The maximum Gasteiger partial charge on any atom is 0.308 e. The van der Waals surface area contributed by atoms with E-state index in [2.05, 4.69) is 4.98 Å². The lowest BCUT2D eigenvalue weighted by molar-refractivity contribution is -0.141. The van der Waals surface area contributed by atoms with E-state index < -0.39 is 11.9 Å². The number of aryl methyl sites for hydroxylation is 1. The Bertz CT molecular complexity index is 833. The molecule has 1 atom stereocenters. The molecule has 6 nitrogen and oxygen atoms in total. The average molecular weight is 392 g/mol. The van der Waals surface area contributed by atoms with Gasteiger partial charge >= 0.3 is 5.97 Å². The molecule has 1 saturated carbocycles. The van der Waals surface area contributed by atoms with Crippen LogP contribution in [0, 0.1) is 18.7 Å². The van der Waals surface area contributed by atoms with Crippen LogP contribution in [0.3, 0.4) is 0 Å². The molecule has 1 unspecified atom stereocenters. The van der Waals surface area contributed by atoms with E-state index in [0.29, 0.717) is 21.3 Å². The second-order valence-corrected chi connectivity index (χ2v) is 7.78. The zero-order valence-corrected chi connectivity index (χ0v) is 16.0. The lowest BCUT2D eigenvalue weighted by Crippen LogP contribution is -2.38. The van der Waals surface area contributed by atoms with Crippen molar-refractivity contribution in [3.8, 4) is 5.75 Å². The number of halogens is 1. The summed E-state index contributed by atoms with van der Waals surface area (Å²) in [6.45, 7) is 3.74. The highest BCUT2D eigenvalue weighted by atomic mass is 32.1. The van der Waals surface area contributed by atoms with Crippen LogP contribution in [-0.2, 0) is 11.4 Å². The predicted octanol–water partition coefficient (Wildman–Crippen LogP) is 3.49. The standard InChI is InChI=1S/C19H21FN2O4S/c1-11(19(24)25)9-22(14-5-6-14)18(23)17-12(2)21-16(27-17)10-26-15-7-3-13(20)4-8-15/h3-4,7-8,11,14H,5-6,9-10H2,1-2H3,(H,24,25). The Morgan fingerprint density at radius 2 is 2.04 bits per heavy atom. The summed E-state index contributed by atoms with van der Waals surface area (Å²) >= 11 is 1.25. The highest BCUT2D eigenvalue weighted by Gasteiger charge is 2.36. The summed E-state index contributed by atoms with van der Waals surface area (Å²) in [4.78, 5) is 30.7. The molecule has 1 amide bonds. The Kier molecular flexibility index (Phi) is 5.74. The number of thiazole rings is 1. The van der Waals surface area contributed by atoms with Gasteiger partial charge in [0.05, 0.1) is 11.6 Å². The Balaban J connectivity index is 1.69. The van der Waals surface area contributed by atoms with Crippen molar-refractivity contribution in [2.75, 3.05) is 6.54 Å². The number of carbonyl (C=O) groups is 2. The largest absolute Gasteiger partial charge is 0.486 e. The summed E-state index contributed by atoms with van der Waals surface area (Å²) in [6, 6.07) is 5.80. The number of hydrogen-bond acceptors (Lipinski definition) is 5. The van der Waals surface area contributed by atoms with Gasteiger partial charge in [0, 0.05) is 12.6 Å². The molecule has 8 heteroatoms. The first-order valence-electron chi connectivity index (χ1n) is 8.73. The third kappa shape index (κ3) is 4.82. The second kappa shape index (κ2) is 8.04. The molecule has 1 fully saturated rings. The Morgan fingerprint density at radius 3 is 2.63 bits per heavy atom. The van der Waals surface area contributed by atoms with Gasteiger partial charge in [-0.2, -0.15) is 0 Å². The molecule has 0 aliphatic heterocycles. The number of ether oxygens (including phenoxy) is 1. The molecule has 1 aliphatic rings. The van der Waals surface area contributed by atoms with Crippen LogP contribution in [0.2, 0.25) is 0 Å². The molecule has 3 rings (SSSR count). The molecule has 1 N–H and O–H groups in total. The summed E-state index contributed by atoms with van der Waals surface area (Å²) in [6.07, 6.45) is 1.80. The Labute approximate surface area is 160 Å². The molecule has 144 valence electrons. The van der Waals surface area contributed by atoms with Gasteiger partial charge in [-0.3, -0.25) is 9.59 Å². The third-order valence-corrected chi connectivity index (χ3v) is 5.47. The first-order valence-corrected chi connectivity index (χ1v) is 9.55. The minimum atomic E-state index is -0.914. The fraction of sp³-hybridized carbons (Fsp3) is 0.421. The Morgan fingerprint density at radius 1 is 1.37 bits per heavy atom. The van der Waals surface area contributed by atoms with E-state index in [-0.39, 0.29) is 30.9 Å². The van der Waals surface area contributed by atoms with Crippen LogP contribution in [-0.4, -0.2) is 39.5 Å². The quantitative estimate of drug-likeness (QED) is 0.744. The van der Waals surface area contributed by atoms with Crippen LogP contribution in [0.25, 0.3) is 0 Å². The number of rotatable bonds is 8. The number of carboxylic acids is 1. The average Bonchev–Trinajstić information content (AvgIpc) is 3.40. The van der Waals surface area contributed by atoms with E-state index in [4.69, 9.17) is 9.84 Å². The van der Waals surface area contributed by atoms with Crippen LogP contribution in [0.5, 0.6) is 5.75 Å². The van der Waals surface area contributed by atoms with Gasteiger partial charge in [-0.15, -0.1) is 11.3 Å². The van der Waals surface area contributed by atoms with Gasteiger partial charge < -0.3 is 14.7 Å². The molecule has 0 saturated heterocycles. The molecule has 1 aliphatic carbocycles. The number of carboxylic acid groups (broad SMARTS) is 1. The molecule has 1 heterocycles. The van der Waals surface area contributed by atoms with Gasteiger partial charge in [-0.05, 0) is 44.0 Å². The zero-order valence-electron chi connectivity index (χ0n) is 15.1. The van der Waals surface area contributed by atoms with Crippen LogP contribution in [0.1, 0.15) is 40.1 Å². The fourth-order valence-corrected chi connectivity index (χ4v) is 3.61. The van der Waals surface area contributed by atoms with Crippen molar-refractivity contribution >= 4 is 23.2 Å². The molecule has 0 bridgehead atoms. The maximum absolute atomic E-state index is 13.0.